The molecule has 0 N–H and O–H groups in total. The van der Waals surface area contributed by atoms with Crippen LogP contribution in [0.15, 0.2) is 22.9 Å². The van der Waals surface area contributed by atoms with Crippen molar-refractivity contribution < 1.29 is 32.0 Å². The third kappa shape index (κ3) is 4.78. The number of carbonyl (C=O) groups is 2. The summed E-state index contributed by atoms with van der Waals surface area (Å²) in [6.45, 7) is 1.57. The molecule has 12 heteroatoms. The van der Waals surface area contributed by atoms with Crippen molar-refractivity contribution in [3.05, 3.63) is 35.7 Å². The van der Waals surface area contributed by atoms with Crippen LogP contribution in [0.5, 0.6) is 5.75 Å². The number of halogens is 3. The van der Waals surface area contributed by atoms with Gasteiger partial charge in [-0.1, -0.05) is 5.16 Å². The average Bonchev–Trinajstić information content (AvgIpc) is 3.43. The first-order valence-corrected chi connectivity index (χ1v) is 9.45. The first-order chi connectivity index (χ1) is 14.4. The first-order valence-electron chi connectivity index (χ1n) is 9.45. The van der Waals surface area contributed by atoms with Gasteiger partial charge in [0.15, 0.2) is 12.1 Å². The van der Waals surface area contributed by atoms with Crippen molar-refractivity contribution in [2.75, 3.05) is 20.7 Å². The van der Waals surface area contributed by atoms with E-state index in [2.05, 4.69) is 15.1 Å². The molecule has 31 heavy (non-hydrogen) atoms. The minimum absolute atomic E-state index is 0.00780. The fourth-order valence-corrected chi connectivity index (χ4v) is 3.21. The predicted molar refractivity (Wildman–Crippen MR) is 100 cm³/mol. The van der Waals surface area contributed by atoms with E-state index in [0.717, 1.165) is 6.07 Å². The Morgan fingerprint density at radius 3 is 2.48 bits per heavy atom. The summed E-state index contributed by atoms with van der Waals surface area (Å²) in [7, 11) is 3.07. The second-order valence-corrected chi connectivity index (χ2v) is 7.60. The minimum atomic E-state index is -4.53. The third-order valence-corrected chi connectivity index (χ3v) is 4.75. The second-order valence-electron chi connectivity index (χ2n) is 7.60. The number of hydrogen-bond acceptors (Lipinski definition) is 7. The molecule has 2 aromatic heterocycles. The van der Waals surface area contributed by atoms with Gasteiger partial charge in [0.05, 0.1) is 0 Å². The normalized spacial score (nSPS) is 15.8. The van der Waals surface area contributed by atoms with Crippen molar-refractivity contribution in [3.8, 4) is 5.75 Å². The number of ether oxygens (including phenoxy) is 1. The molecule has 3 rings (SSSR count). The molecule has 2 amide bonds. The molecule has 0 spiro atoms. The number of carbonyl (C=O) groups excluding carboxylic acids is 2. The van der Waals surface area contributed by atoms with E-state index >= 15 is 0 Å². The summed E-state index contributed by atoms with van der Waals surface area (Å²) < 4.78 is 47.2. The van der Waals surface area contributed by atoms with Gasteiger partial charge >= 0.3 is 6.18 Å². The molecule has 0 radical (unpaired) electrons. The zero-order valence-corrected chi connectivity index (χ0v) is 17.4. The van der Waals surface area contributed by atoms with Crippen LogP contribution in [0.1, 0.15) is 42.0 Å². The van der Waals surface area contributed by atoms with Crippen molar-refractivity contribution in [1.82, 2.24) is 24.9 Å². The van der Waals surface area contributed by atoms with Gasteiger partial charge in [-0.2, -0.15) is 18.2 Å². The SMILES string of the molecule is Cc1nc(C(C)(C(=O)N(C)C)N(C(=O)c2cc(OCC(F)(F)F)ccn2)C2CC2)no1. The summed E-state index contributed by atoms with van der Waals surface area (Å²) >= 11 is 0. The molecule has 1 unspecified atom stereocenters. The van der Waals surface area contributed by atoms with Crippen LogP contribution in [-0.4, -0.2) is 69.7 Å². The minimum Gasteiger partial charge on any atom is -0.484 e. The fraction of sp³-hybridized carbons (Fsp3) is 0.526. The van der Waals surface area contributed by atoms with Gasteiger partial charge < -0.3 is 19.1 Å². The molecule has 168 valence electrons. The number of pyridine rings is 1. The number of alkyl halides is 3. The molecule has 0 saturated heterocycles. The van der Waals surface area contributed by atoms with Crippen LogP contribution in [0.25, 0.3) is 0 Å². The van der Waals surface area contributed by atoms with Crippen LogP contribution in [0, 0.1) is 6.92 Å². The lowest BCUT2D eigenvalue weighted by atomic mass is 9.95. The molecule has 1 fully saturated rings. The van der Waals surface area contributed by atoms with Crippen LogP contribution in [0.2, 0.25) is 0 Å². The number of hydrogen-bond donors (Lipinski definition) is 0. The molecule has 0 aliphatic heterocycles. The Morgan fingerprint density at radius 2 is 1.97 bits per heavy atom. The van der Waals surface area contributed by atoms with Gasteiger partial charge in [0.1, 0.15) is 11.4 Å². The summed E-state index contributed by atoms with van der Waals surface area (Å²) in [6.07, 6.45) is -2.07. The zero-order valence-electron chi connectivity index (χ0n) is 17.4. The Hall–Kier alpha value is -3.18. The largest absolute Gasteiger partial charge is 0.484 e. The summed E-state index contributed by atoms with van der Waals surface area (Å²) in [5.74, 6) is -1.05. The topological polar surface area (TPSA) is 102 Å². The number of rotatable bonds is 7. The molecule has 9 nitrogen and oxygen atoms in total. The second kappa shape index (κ2) is 8.16. The molecule has 0 aromatic carbocycles. The molecule has 1 aliphatic rings. The highest BCUT2D eigenvalue weighted by Gasteiger charge is 2.54. The maximum atomic E-state index is 13.5. The van der Waals surface area contributed by atoms with E-state index < -0.39 is 30.1 Å². The van der Waals surface area contributed by atoms with Gasteiger partial charge in [0.25, 0.3) is 11.8 Å². The molecule has 1 aliphatic carbocycles. The predicted octanol–water partition coefficient (Wildman–Crippen LogP) is 2.32. The van der Waals surface area contributed by atoms with Gasteiger partial charge in [-0.3, -0.25) is 14.6 Å². The summed E-state index contributed by atoms with van der Waals surface area (Å²) in [5, 5.41) is 3.87. The lowest BCUT2D eigenvalue weighted by Gasteiger charge is -2.39. The maximum Gasteiger partial charge on any atom is 0.422 e. The summed E-state index contributed by atoms with van der Waals surface area (Å²) in [6, 6.07) is 2.05. The van der Waals surface area contributed by atoms with Crippen molar-refractivity contribution >= 4 is 11.8 Å². The molecule has 2 heterocycles. The summed E-state index contributed by atoms with van der Waals surface area (Å²) in [5.41, 5.74) is -1.77. The van der Waals surface area contributed by atoms with E-state index in [0.29, 0.717) is 12.8 Å². The highest BCUT2D eigenvalue weighted by molar-refractivity contribution is 5.98. The van der Waals surface area contributed by atoms with Gasteiger partial charge in [0, 0.05) is 39.3 Å². The van der Waals surface area contributed by atoms with Crippen LogP contribution in [0.4, 0.5) is 13.2 Å². The van der Waals surface area contributed by atoms with Crippen molar-refractivity contribution in [2.45, 2.75) is 44.4 Å². The Kier molecular flexibility index (Phi) is 5.92. The monoisotopic (exact) mass is 441 g/mol. The van der Waals surface area contributed by atoms with E-state index in [1.54, 1.807) is 6.92 Å². The van der Waals surface area contributed by atoms with Crippen LogP contribution in [-0.2, 0) is 10.3 Å². The van der Waals surface area contributed by atoms with Crippen molar-refractivity contribution in [1.29, 1.82) is 0 Å². The molecular weight excluding hydrogens is 419 g/mol. The Bertz CT molecular complexity index is 973. The maximum absolute atomic E-state index is 13.5. The van der Waals surface area contributed by atoms with E-state index in [4.69, 9.17) is 9.26 Å². The van der Waals surface area contributed by atoms with Crippen LogP contribution >= 0.6 is 0 Å². The van der Waals surface area contributed by atoms with Gasteiger partial charge in [-0.05, 0) is 25.8 Å². The lowest BCUT2D eigenvalue weighted by molar-refractivity contribution is -0.153. The van der Waals surface area contributed by atoms with Crippen LogP contribution in [0.3, 0.4) is 0 Å². The average molecular weight is 441 g/mol. The fourth-order valence-electron chi connectivity index (χ4n) is 3.21. The number of nitrogens with zero attached hydrogens (tertiary/aromatic N) is 5. The number of likely N-dealkylation sites (N-methyl/N-ethyl adjacent to an activating group) is 1. The first kappa shape index (κ1) is 22.5. The van der Waals surface area contributed by atoms with E-state index in [1.165, 1.54) is 43.1 Å². The van der Waals surface area contributed by atoms with E-state index in [-0.39, 0.29) is 29.2 Å². The number of aryl methyl sites for hydroxylation is 1. The van der Waals surface area contributed by atoms with E-state index in [1.807, 2.05) is 0 Å². The van der Waals surface area contributed by atoms with Gasteiger partial charge in [-0.25, -0.2) is 0 Å². The number of aromatic nitrogens is 3. The Morgan fingerprint density at radius 1 is 1.29 bits per heavy atom. The molecular formula is C19H22F3N5O4. The standard InChI is InChI=1S/C19H22F3N5O4/c1-11-24-16(25-31-11)18(2,17(29)26(3)4)27(12-5-6-12)15(28)14-9-13(7-8-23-14)30-10-19(20,21)22/h7-9,12H,5-6,10H2,1-4H3. The molecule has 1 atom stereocenters. The summed E-state index contributed by atoms with van der Waals surface area (Å²) in [4.78, 5) is 37.5. The Balaban J connectivity index is 2.00. The smallest absolute Gasteiger partial charge is 0.422 e. The van der Waals surface area contributed by atoms with Crippen molar-refractivity contribution in [3.63, 3.8) is 0 Å². The van der Waals surface area contributed by atoms with E-state index in [9.17, 15) is 22.8 Å². The molecule has 0 bridgehead atoms. The van der Waals surface area contributed by atoms with Crippen molar-refractivity contribution in [2.24, 2.45) is 0 Å². The molecule has 1 saturated carbocycles. The van der Waals surface area contributed by atoms with Gasteiger partial charge in [0.2, 0.25) is 11.7 Å². The van der Waals surface area contributed by atoms with Crippen LogP contribution < -0.4 is 4.74 Å². The lowest BCUT2D eigenvalue weighted by Crippen LogP contribution is -2.58. The Labute approximate surface area is 176 Å². The number of amides is 2. The quantitative estimate of drug-likeness (QED) is 0.650. The third-order valence-electron chi connectivity index (χ3n) is 4.75. The highest BCUT2D eigenvalue weighted by atomic mass is 19.4. The zero-order chi connectivity index (χ0) is 23.0. The highest BCUT2D eigenvalue weighted by Crippen LogP contribution is 2.40. The molecule has 2 aromatic rings. The van der Waals surface area contributed by atoms with Gasteiger partial charge in [-0.15, -0.1) is 0 Å².